The van der Waals surface area contributed by atoms with E-state index in [1.165, 1.54) is 22.3 Å². The number of para-hydroxylation sites is 1. The number of aromatic nitrogens is 2. The third-order valence-electron chi connectivity index (χ3n) is 5.76. The van der Waals surface area contributed by atoms with Crippen molar-refractivity contribution in [3.63, 3.8) is 0 Å². The van der Waals surface area contributed by atoms with Gasteiger partial charge >= 0.3 is 0 Å². The van der Waals surface area contributed by atoms with E-state index in [1.54, 1.807) is 6.07 Å². The Kier molecular flexibility index (Phi) is 5.59. The van der Waals surface area contributed by atoms with Gasteiger partial charge in [0.05, 0.1) is 16.8 Å². The van der Waals surface area contributed by atoms with Crippen LogP contribution in [-0.4, -0.2) is 42.3 Å². The molecule has 0 spiro atoms. The Balaban J connectivity index is 1.55. The molecule has 0 amide bonds. The summed E-state index contributed by atoms with van der Waals surface area (Å²) in [6, 6.07) is 12.4. The number of fused-ring (bicyclic) bond motifs is 3. The van der Waals surface area contributed by atoms with Gasteiger partial charge in [-0.3, -0.25) is 0 Å². The van der Waals surface area contributed by atoms with E-state index in [1.807, 2.05) is 24.3 Å². The summed E-state index contributed by atoms with van der Waals surface area (Å²) in [6.07, 6.45) is 5.08. The van der Waals surface area contributed by atoms with Crippen LogP contribution in [0.2, 0.25) is 0 Å². The van der Waals surface area contributed by atoms with E-state index in [4.69, 9.17) is 4.98 Å². The second-order valence-corrected chi connectivity index (χ2v) is 9.92. The average Bonchev–Trinajstić information content (AvgIpc) is 3.47. The first kappa shape index (κ1) is 21.5. The molecule has 1 fully saturated rings. The van der Waals surface area contributed by atoms with E-state index >= 15 is 0 Å². The molecule has 1 unspecified atom stereocenters. The molecule has 0 radical (unpaired) electrons. The van der Waals surface area contributed by atoms with Crippen LogP contribution in [0.5, 0.6) is 0 Å². The van der Waals surface area contributed by atoms with Crippen LogP contribution in [0.1, 0.15) is 12.0 Å². The van der Waals surface area contributed by atoms with Gasteiger partial charge in [0, 0.05) is 35.1 Å². The number of halogens is 2. The lowest BCUT2D eigenvalue weighted by molar-refractivity contribution is 0.592. The molecule has 2 aromatic heterocycles. The number of rotatable bonds is 6. The Bertz CT molecular complexity index is 1470. The molecule has 1 aliphatic heterocycles. The third kappa shape index (κ3) is 4.21. The Morgan fingerprint density at radius 3 is 2.82 bits per heavy atom. The standard InChI is InChI=1S/C24H22F2N4O2S/c25-17-7-8-21(26)16(14-17)4-3-13-33(31,32)30-12-10-20-23(30)19-5-1-2-6-22(19)29-24(20)28-18-9-11-27-15-18/h1-8,10,12,14,18,27H,9,11,13,15H2,(H,28,29). The predicted molar refractivity (Wildman–Crippen MR) is 127 cm³/mol. The fourth-order valence-electron chi connectivity index (χ4n) is 4.15. The molecule has 0 bridgehead atoms. The van der Waals surface area contributed by atoms with Crippen molar-refractivity contribution in [1.29, 1.82) is 0 Å². The molecule has 1 saturated heterocycles. The molecule has 5 rings (SSSR count). The molecule has 3 heterocycles. The van der Waals surface area contributed by atoms with Crippen molar-refractivity contribution in [2.45, 2.75) is 12.5 Å². The molecule has 33 heavy (non-hydrogen) atoms. The summed E-state index contributed by atoms with van der Waals surface area (Å²) in [5, 5.41) is 8.18. The zero-order valence-corrected chi connectivity index (χ0v) is 18.4. The van der Waals surface area contributed by atoms with Gasteiger partial charge < -0.3 is 10.6 Å². The first-order valence-electron chi connectivity index (χ1n) is 10.6. The summed E-state index contributed by atoms with van der Waals surface area (Å²) in [5.74, 6) is -0.945. The highest BCUT2D eigenvalue weighted by Crippen LogP contribution is 2.32. The van der Waals surface area contributed by atoms with E-state index in [-0.39, 0.29) is 17.4 Å². The van der Waals surface area contributed by atoms with E-state index < -0.39 is 21.7 Å². The van der Waals surface area contributed by atoms with Gasteiger partial charge in [0.15, 0.2) is 0 Å². The lowest BCUT2D eigenvalue weighted by Crippen LogP contribution is -2.23. The molecule has 1 aliphatic rings. The normalized spacial score (nSPS) is 16.8. The zero-order valence-electron chi connectivity index (χ0n) is 17.6. The maximum Gasteiger partial charge on any atom is 0.242 e. The van der Waals surface area contributed by atoms with Gasteiger partial charge in [0.25, 0.3) is 0 Å². The van der Waals surface area contributed by atoms with Gasteiger partial charge in [-0.05, 0) is 43.3 Å². The molecule has 4 aromatic rings. The topological polar surface area (TPSA) is 76.0 Å². The van der Waals surface area contributed by atoms with Crippen LogP contribution in [0.15, 0.2) is 60.8 Å². The van der Waals surface area contributed by atoms with Gasteiger partial charge in [0.1, 0.15) is 17.5 Å². The minimum Gasteiger partial charge on any atom is -0.365 e. The summed E-state index contributed by atoms with van der Waals surface area (Å²) in [7, 11) is -3.83. The fraction of sp³-hybridized carbons (Fsp3) is 0.208. The summed E-state index contributed by atoms with van der Waals surface area (Å²) < 4.78 is 55.0. The van der Waals surface area contributed by atoms with E-state index in [0.29, 0.717) is 22.2 Å². The molecule has 170 valence electrons. The van der Waals surface area contributed by atoms with Crippen LogP contribution in [-0.2, 0) is 10.0 Å². The predicted octanol–water partition coefficient (Wildman–Crippen LogP) is 4.13. The highest BCUT2D eigenvalue weighted by molar-refractivity contribution is 7.90. The second kappa shape index (κ2) is 8.57. The Labute approximate surface area is 190 Å². The van der Waals surface area contributed by atoms with Gasteiger partial charge in [0.2, 0.25) is 10.0 Å². The van der Waals surface area contributed by atoms with Crippen LogP contribution in [0.3, 0.4) is 0 Å². The molecular weight excluding hydrogens is 446 g/mol. The maximum absolute atomic E-state index is 13.9. The van der Waals surface area contributed by atoms with Crippen molar-refractivity contribution in [2.24, 2.45) is 0 Å². The summed E-state index contributed by atoms with van der Waals surface area (Å²) in [4.78, 5) is 4.74. The fourth-order valence-corrected chi connectivity index (χ4v) is 5.37. The largest absolute Gasteiger partial charge is 0.365 e. The number of benzene rings is 2. The average molecular weight is 469 g/mol. The van der Waals surface area contributed by atoms with Crippen LogP contribution < -0.4 is 10.6 Å². The maximum atomic E-state index is 13.9. The van der Waals surface area contributed by atoms with E-state index in [2.05, 4.69) is 10.6 Å². The number of anilines is 1. The van der Waals surface area contributed by atoms with Gasteiger partial charge in [-0.1, -0.05) is 30.4 Å². The quantitative estimate of drug-likeness (QED) is 0.445. The molecule has 9 heteroatoms. The van der Waals surface area contributed by atoms with Crippen molar-refractivity contribution in [1.82, 2.24) is 14.3 Å². The van der Waals surface area contributed by atoms with Crippen molar-refractivity contribution >= 4 is 43.7 Å². The molecule has 0 saturated carbocycles. The Hall–Kier alpha value is -3.30. The van der Waals surface area contributed by atoms with E-state index in [0.717, 1.165) is 43.1 Å². The highest BCUT2D eigenvalue weighted by atomic mass is 32.2. The molecule has 6 nitrogen and oxygen atoms in total. The molecule has 1 atom stereocenters. The third-order valence-corrected chi connectivity index (χ3v) is 7.28. The number of nitrogens with one attached hydrogen (secondary N) is 2. The Morgan fingerprint density at radius 1 is 1.15 bits per heavy atom. The lowest BCUT2D eigenvalue weighted by atomic mass is 10.1. The summed E-state index contributed by atoms with van der Waals surface area (Å²) >= 11 is 0. The van der Waals surface area contributed by atoms with Gasteiger partial charge in [-0.2, -0.15) is 0 Å². The van der Waals surface area contributed by atoms with Crippen molar-refractivity contribution in [3.8, 4) is 0 Å². The minimum atomic E-state index is -3.83. The molecular formula is C24H22F2N4O2S. The summed E-state index contributed by atoms with van der Waals surface area (Å²) in [5.41, 5.74) is 1.22. The van der Waals surface area contributed by atoms with Crippen molar-refractivity contribution in [3.05, 3.63) is 78.0 Å². The number of nitrogens with zero attached hydrogens (tertiary/aromatic N) is 2. The number of hydrogen-bond donors (Lipinski definition) is 2. The molecule has 2 N–H and O–H groups in total. The number of hydrogen-bond acceptors (Lipinski definition) is 5. The Morgan fingerprint density at radius 2 is 2.00 bits per heavy atom. The van der Waals surface area contributed by atoms with Crippen LogP contribution >= 0.6 is 0 Å². The van der Waals surface area contributed by atoms with E-state index in [9.17, 15) is 17.2 Å². The van der Waals surface area contributed by atoms with Crippen molar-refractivity contribution < 1.29 is 17.2 Å². The first-order chi connectivity index (χ1) is 15.9. The molecule has 2 aromatic carbocycles. The SMILES string of the molecule is O=S(=O)(CC=Cc1cc(F)ccc1F)n1ccc2c(NC3CCNC3)nc3ccccc3c21. The van der Waals surface area contributed by atoms with Gasteiger partial charge in [-0.15, -0.1) is 0 Å². The highest BCUT2D eigenvalue weighted by Gasteiger charge is 2.22. The lowest BCUT2D eigenvalue weighted by Gasteiger charge is -2.15. The van der Waals surface area contributed by atoms with Crippen molar-refractivity contribution in [2.75, 3.05) is 24.2 Å². The van der Waals surface area contributed by atoms with Gasteiger partial charge in [-0.25, -0.2) is 26.2 Å². The second-order valence-electron chi connectivity index (χ2n) is 8.03. The molecule has 0 aliphatic carbocycles. The minimum absolute atomic E-state index is 0.00567. The summed E-state index contributed by atoms with van der Waals surface area (Å²) in [6.45, 7) is 1.73. The zero-order chi connectivity index (χ0) is 23.0. The number of pyridine rings is 1. The first-order valence-corrected chi connectivity index (χ1v) is 12.3. The van der Waals surface area contributed by atoms with Crippen LogP contribution in [0, 0.1) is 11.6 Å². The van der Waals surface area contributed by atoms with Crippen LogP contribution in [0.4, 0.5) is 14.6 Å². The van der Waals surface area contributed by atoms with Crippen LogP contribution in [0.25, 0.3) is 27.9 Å². The monoisotopic (exact) mass is 468 g/mol. The smallest absolute Gasteiger partial charge is 0.242 e.